The molecule has 0 saturated heterocycles. The Morgan fingerprint density at radius 1 is 1.35 bits per heavy atom. The van der Waals surface area contributed by atoms with Crippen molar-refractivity contribution in [3.63, 3.8) is 0 Å². The average Bonchev–Trinajstić information content (AvgIpc) is 3.07. The Labute approximate surface area is 106 Å². The summed E-state index contributed by atoms with van der Waals surface area (Å²) in [6.07, 6.45) is 9.06. The van der Waals surface area contributed by atoms with Gasteiger partial charge in [-0.25, -0.2) is 0 Å². The fraction of sp³-hybridized carbons (Fsp3) is 0.929. The second-order valence-corrected chi connectivity index (χ2v) is 5.52. The van der Waals surface area contributed by atoms with E-state index in [1.54, 1.807) is 0 Å². The van der Waals surface area contributed by atoms with Crippen molar-refractivity contribution < 1.29 is 4.79 Å². The molecule has 0 aromatic rings. The Morgan fingerprint density at radius 3 is 2.65 bits per heavy atom. The van der Waals surface area contributed by atoms with Crippen LogP contribution in [0.15, 0.2) is 0 Å². The summed E-state index contributed by atoms with van der Waals surface area (Å²) < 4.78 is 0. The molecule has 2 atom stereocenters. The van der Waals surface area contributed by atoms with E-state index in [1.165, 1.54) is 38.5 Å². The Morgan fingerprint density at radius 2 is 2.06 bits per heavy atom. The summed E-state index contributed by atoms with van der Waals surface area (Å²) in [7, 11) is 0. The van der Waals surface area contributed by atoms with Gasteiger partial charge in [0.15, 0.2) is 0 Å². The number of carbonyl (C=O) groups excluding carboxylic acids is 1. The molecule has 1 fully saturated rings. The quantitative estimate of drug-likeness (QED) is 0.609. The summed E-state index contributed by atoms with van der Waals surface area (Å²) in [5, 5.41) is 3.05. The second-order valence-electron chi connectivity index (χ2n) is 5.52. The molecule has 3 heteroatoms. The molecule has 0 aromatic carbocycles. The number of rotatable bonds is 9. The number of unbranched alkanes of at least 4 members (excludes halogenated alkanes) is 3. The van der Waals surface area contributed by atoms with Gasteiger partial charge in [0.2, 0.25) is 5.91 Å². The van der Waals surface area contributed by atoms with Gasteiger partial charge in [-0.05, 0) is 32.1 Å². The van der Waals surface area contributed by atoms with Crippen LogP contribution in [0.4, 0.5) is 0 Å². The molecule has 0 heterocycles. The van der Waals surface area contributed by atoms with Crippen LogP contribution in [0.5, 0.6) is 0 Å². The van der Waals surface area contributed by atoms with Crippen LogP contribution in [-0.4, -0.2) is 18.0 Å². The van der Waals surface area contributed by atoms with Gasteiger partial charge in [0, 0.05) is 18.5 Å². The minimum atomic E-state index is 0.0855. The molecule has 1 aliphatic rings. The lowest BCUT2D eigenvalue weighted by molar-refractivity contribution is -0.122. The summed E-state index contributed by atoms with van der Waals surface area (Å²) in [4.78, 5) is 11.7. The third kappa shape index (κ3) is 6.67. The van der Waals surface area contributed by atoms with Crippen LogP contribution in [0.25, 0.3) is 0 Å². The molecule has 1 saturated carbocycles. The highest BCUT2D eigenvalue weighted by atomic mass is 16.1. The molecule has 1 amide bonds. The zero-order chi connectivity index (χ0) is 12.7. The molecule has 3 nitrogen and oxygen atoms in total. The van der Waals surface area contributed by atoms with E-state index in [9.17, 15) is 4.79 Å². The molecular weight excluding hydrogens is 212 g/mol. The first-order chi connectivity index (χ1) is 8.13. The maximum atomic E-state index is 11.7. The zero-order valence-corrected chi connectivity index (χ0v) is 11.4. The topological polar surface area (TPSA) is 55.1 Å². The monoisotopic (exact) mass is 240 g/mol. The molecule has 0 spiro atoms. The number of amides is 1. The molecule has 0 radical (unpaired) electrons. The van der Waals surface area contributed by atoms with Crippen LogP contribution in [-0.2, 0) is 4.79 Å². The van der Waals surface area contributed by atoms with E-state index in [4.69, 9.17) is 5.73 Å². The minimum Gasteiger partial charge on any atom is -0.354 e. The highest BCUT2D eigenvalue weighted by molar-refractivity contribution is 5.76. The molecule has 0 aliphatic heterocycles. The first-order valence-corrected chi connectivity index (χ1v) is 7.18. The van der Waals surface area contributed by atoms with E-state index in [1.807, 2.05) is 0 Å². The van der Waals surface area contributed by atoms with Crippen molar-refractivity contribution in [3.05, 3.63) is 0 Å². The van der Waals surface area contributed by atoms with Gasteiger partial charge in [-0.2, -0.15) is 0 Å². The molecule has 100 valence electrons. The van der Waals surface area contributed by atoms with E-state index in [2.05, 4.69) is 19.2 Å². The molecular formula is C14H28N2O. The lowest BCUT2D eigenvalue weighted by Crippen LogP contribution is -2.37. The first kappa shape index (κ1) is 14.5. The maximum Gasteiger partial charge on any atom is 0.221 e. The van der Waals surface area contributed by atoms with Gasteiger partial charge in [-0.3, -0.25) is 4.79 Å². The van der Waals surface area contributed by atoms with Gasteiger partial charge in [0.1, 0.15) is 0 Å². The van der Waals surface area contributed by atoms with Crippen LogP contribution >= 0.6 is 0 Å². The lowest BCUT2D eigenvalue weighted by atomic mass is 10.1. The first-order valence-electron chi connectivity index (χ1n) is 7.18. The van der Waals surface area contributed by atoms with Crippen molar-refractivity contribution in [3.8, 4) is 0 Å². The van der Waals surface area contributed by atoms with Gasteiger partial charge >= 0.3 is 0 Å². The fourth-order valence-corrected chi connectivity index (χ4v) is 2.19. The van der Waals surface area contributed by atoms with E-state index in [0.717, 1.165) is 6.42 Å². The van der Waals surface area contributed by atoms with Crippen molar-refractivity contribution >= 4 is 5.91 Å². The molecule has 0 bridgehead atoms. The molecule has 0 aromatic heterocycles. The van der Waals surface area contributed by atoms with E-state index in [0.29, 0.717) is 18.4 Å². The van der Waals surface area contributed by atoms with Gasteiger partial charge in [-0.1, -0.05) is 32.6 Å². The Balaban J connectivity index is 2.03. The highest BCUT2D eigenvalue weighted by Gasteiger charge is 2.29. The van der Waals surface area contributed by atoms with Gasteiger partial charge in [-0.15, -0.1) is 0 Å². The normalized spacial score (nSPS) is 18.8. The second kappa shape index (κ2) is 7.70. The van der Waals surface area contributed by atoms with E-state index >= 15 is 0 Å². The maximum absolute atomic E-state index is 11.7. The van der Waals surface area contributed by atoms with E-state index < -0.39 is 0 Å². The highest BCUT2D eigenvalue weighted by Crippen LogP contribution is 2.32. The lowest BCUT2D eigenvalue weighted by Gasteiger charge is -2.16. The minimum absolute atomic E-state index is 0.0855. The predicted octanol–water partition coefficient (Wildman–Crippen LogP) is 2.59. The predicted molar refractivity (Wildman–Crippen MR) is 71.7 cm³/mol. The van der Waals surface area contributed by atoms with Crippen LogP contribution in [0.3, 0.4) is 0 Å². The van der Waals surface area contributed by atoms with Crippen molar-refractivity contribution in [2.24, 2.45) is 11.7 Å². The van der Waals surface area contributed by atoms with Crippen molar-refractivity contribution in [1.29, 1.82) is 0 Å². The Kier molecular flexibility index (Phi) is 6.56. The molecule has 17 heavy (non-hydrogen) atoms. The summed E-state index contributed by atoms with van der Waals surface area (Å²) >= 11 is 0. The smallest absolute Gasteiger partial charge is 0.221 e. The number of hydrogen-bond acceptors (Lipinski definition) is 2. The SMILES string of the molecule is CCCCCCC(C)NC(=O)CC(N)C1CC1. The van der Waals surface area contributed by atoms with Crippen LogP contribution in [0.2, 0.25) is 0 Å². The summed E-state index contributed by atoms with van der Waals surface area (Å²) in [6, 6.07) is 0.382. The molecule has 1 aliphatic carbocycles. The number of hydrogen-bond donors (Lipinski definition) is 2. The largest absolute Gasteiger partial charge is 0.354 e. The molecule has 1 rings (SSSR count). The van der Waals surface area contributed by atoms with Crippen LogP contribution < -0.4 is 11.1 Å². The van der Waals surface area contributed by atoms with Crippen molar-refractivity contribution in [2.75, 3.05) is 0 Å². The zero-order valence-electron chi connectivity index (χ0n) is 11.4. The summed E-state index contributed by atoms with van der Waals surface area (Å²) in [5.41, 5.74) is 5.93. The van der Waals surface area contributed by atoms with Gasteiger partial charge in [0.25, 0.3) is 0 Å². The fourth-order valence-electron chi connectivity index (χ4n) is 2.19. The van der Waals surface area contributed by atoms with Crippen molar-refractivity contribution in [2.45, 2.75) is 77.3 Å². The summed E-state index contributed by atoms with van der Waals surface area (Å²) in [5.74, 6) is 0.744. The third-order valence-corrected chi connectivity index (χ3v) is 3.55. The van der Waals surface area contributed by atoms with Crippen molar-refractivity contribution in [1.82, 2.24) is 5.32 Å². The van der Waals surface area contributed by atoms with Gasteiger partial charge < -0.3 is 11.1 Å². The van der Waals surface area contributed by atoms with E-state index in [-0.39, 0.29) is 11.9 Å². The third-order valence-electron chi connectivity index (χ3n) is 3.55. The molecule has 2 unspecified atom stereocenters. The summed E-state index contributed by atoms with van der Waals surface area (Å²) in [6.45, 7) is 4.30. The molecule has 3 N–H and O–H groups in total. The number of nitrogens with one attached hydrogen (secondary N) is 1. The van der Waals surface area contributed by atoms with Crippen LogP contribution in [0.1, 0.15) is 65.2 Å². The standard InChI is InChI=1S/C14H28N2O/c1-3-4-5-6-7-11(2)16-14(17)10-13(15)12-8-9-12/h11-13H,3-10,15H2,1-2H3,(H,16,17). The Hall–Kier alpha value is -0.570. The van der Waals surface area contributed by atoms with Crippen LogP contribution in [0, 0.1) is 5.92 Å². The van der Waals surface area contributed by atoms with Gasteiger partial charge in [0.05, 0.1) is 0 Å². The average molecular weight is 240 g/mol. The number of nitrogens with two attached hydrogens (primary N) is 1. The Bertz CT molecular complexity index is 226. The number of carbonyl (C=O) groups is 1.